The van der Waals surface area contributed by atoms with E-state index < -0.39 is 0 Å². The summed E-state index contributed by atoms with van der Waals surface area (Å²) in [4.78, 5) is 4.05. The van der Waals surface area contributed by atoms with Gasteiger partial charge in [-0.2, -0.15) is 0 Å². The molecule has 0 saturated heterocycles. The molecule has 2 rings (SSSR count). The molecule has 2 nitrogen and oxygen atoms in total. The van der Waals surface area contributed by atoms with Gasteiger partial charge >= 0.3 is 0 Å². The molecule has 0 aliphatic heterocycles. The lowest BCUT2D eigenvalue weighted by molar-refractivity contribution is 0.178. The lowest BCUT2D eigenvalue weighted by Crippen LogP contribution is -2.40. The normalized spacial score (nSPS) is 20.1. The van der Waals surface area contributed by atoms with Crippen LogP contribution >= 0.6 is 11.3 Å². The van der Waals surface area contributed by atoms with Crippen molar-refractivity contribution in [3.63, 3.8) is 0 Å². The Balaban J connectivity index is 2.25. The van der Waals surface area contributed by atoms with E-state index >= 15 is 0 Å². The van der Waals surface area contributed by atoms with Gasteiger partial charge in [-0.15, -0.1) is 11.3 Å². The Labute approximate surface area is 102 Å². The zero-order valence-electron chi connectivity index (χ0n) is 10.4. The summed E-state index contributed by atoms with van der Waals surface area (Å²) in [5.74, 6) is 0. The van der Waals surface area contributed by atoms with E-state index in [4.69, 9.17) is 5.73 Å². The van der Waals surface area contributed by atoms with Gasteiger partial charge < -0.3 is 5.73 Å². The molecule has 0 spiro atoms. The number of nitrogens with zero attached hydrogens (tertiary/aromatic N) is 1. The second kappa shape index (κ2) is 4.86. The molecule has 0 radical (unpaired) electrons. The summed E-state index contributed by atoms with van der Waals surface area (Å²) in [6.07, 6.45) is 2.70. The van der Waals surface area contributed by atoms with Crippen LogP contribution in [0.25, 0.3) is 0 Å². The predicted octanol–water partition coefficient (Wildman–Crippen LogP) is 2.93. The molecule has 1 aliphatic rings. The molecule has 0 aromatic carbocycles. The fourth-order valence-corrected chi connectivity index (χ4v) is 3.63. The molecule has 1 saturated carbocycles. The minimum atomic E-state index is 0.206. The van der Waals surface area contributed by atoms with Crippen LogP contribution in [0.3, 0.4) is 0 Å². The number of hydrogen-bond donors (Lipinski definition) is 1. The Hall–Kier alpha value is -0.380. The van der Waals surface area contributed by atoms with Crippen LogP contribution in [0, 0.1) is 6.92 Å². The van der Waals surface area contributed by atoms with Crippen molar-refractivity contribution in [1.82, 2.24) is 4.90 Å². The van der Waals surface area contributed by atoms with Gasteiger partial charge in [-0.1, -0.05) is 6.92 Å². The van der Waals surface area contributed by atoms with E-state index in [1.54, 1.807) is 0 Å². The van der Waals surface area contributed by atoms with E-state index in [1.165, 1.54) is 23.3 Å². The van der Waals surface area contributed by atoms with Crippen LogP contribution in [0.15, 0.2) is 11.4 Å². The van der Waals surface area contributed by atoms with Crippen molar-refractivity contribution in [2.45, 2.75) is 51.7 Å². The summed E-state index contributed by atoms with van der Waals surface area (Å²) in [6, 6.07) is 3.61. The molecule has 90 valence electrons. The molecular formula is C13H22N2S. The second-order valence-corrected chi connectivity index (χ2v) is 5.78. The highest BCUT2D eigenvalue weighted by molar-refractivity contribution is 7.10. The Kier molecular flexibility index (Phi) is 3.67. The second-order valence-electron chi connectivity index (χ2n) is 4.83. The fourth-order valence-electron chi connectivity index (χ4n) is 2.47. The largest absolute Gasteiger partial charge is 0.326 e. The molecule has 1 aromatic rings. The lowest BCUT2D eigenvalue weighted by atomic mass is 10.0. The Morgan fingerprint density at radius 2 is 2.25 bits per heavy atom. The van der Waals surface area contributed by atoms with E-state index in [9.17, 15) is 0 Å². The third kappa shape index (κ3) is 2.31. The first-order chi connectivity index (χ1) is 7.65. The highest BCUT2D eigenvalue weighted by Crippen LogP contribution is 2.38. The van der Waals surface area contributed by atoms with Gasteiger partial charge in [0.05, 0.1) is 6.04 Å². The SMILES string of the molecule is CCN(C1CC1)C(c1sccc1C)C(C)N. The van der Waals surface area contributed by atoms with Gasteiger partial charge in [-0.3, -0.25) is 4.90 Å². The van der Waals surface area contributed by atoms with Gasteiger partial charge in [0, 0.05) is 17.0 Å². The van der Waals surface area contributed by atoms with Gasteiger partial charge in [0.25, 0.3) is 0 Å². The summed E-state index contributed by atoms with van der Waals surface area (Å²) in [7, 11) is 0. The maximum absolute atomic E-state index is 6.20. The van der Waals surface area contributed by atoms with E-state index in [0.717, 1.165) is 12.6 Å². The van der Waals surface area contributed by atoms with E-state index in [0.29, 0.717) is 6.04 Å². The number of aryl methyl sites for hydroxylation is 1. The van der Waals surface area contributed by atoms with Gasteiger partial charge in [-0.05, 0) is 50.2 Å². The van der Waals surface area contributed by atoms with Crippen molar-refractivity contribution >= 4 is 11.3 Å². The molecule has 16 heavy (non-hydrogen) atoms. The monoisotopic (exact) mass is 238 g/mol. The summed E-state index contributed by atoms with van der Waals surface area (Å²) >= 11 is 1.85. The Morgan fingerprint density at radius 1 is 1.56 bits per heavy atom. The van der Waals surface area contributed by atoms with Crippen molar-refractivity contribution in [1.29, 1.82) is 0 Å². The molecule has 3 heteroatoms. The van der Waals surface area contributed by atoms with Gasteiger partial charge in [-0.25, -0.2) is 0 Å². The number of likely N-dealkylation sites (N-methyl/N-ethyl adjacent to an activating group) is 1. The van der Waals surface area contributed by atoms with Gasteiger partial charge in [0.2, 0.25) is 0 Å². The molecule has 2 unspecified atom stereocenters. The Morgan fingerprint density at radius 3 is 2.62 bits per heavy atom. The van der Waals surface area contributed by atoms with Crippen molar-refractivity contribution in [3.05, 3.63) is 21.9 Å². The van der Waals surface area contributed by atoms with Crippen molar-refractivity contribution in [2.75, 3.05) is 6.54 Å². The van der Waals surface area contributed by atoms with Crippen molar-refractivity contribution in [2.24, 2.45) is 5.73 Å². The zero-order chi connectivity index (χ0) is 11.7. The van der Waals surface area contributed by atoms with Crippen molar-refractivity contribution < 1.29 is 0 Å². The molecule has 1 fully saturated rings. The standard InChI is InChI=1S/C13H22N2S/c1-4-15(11-5-6-11)12(10(3)14)13-9(2)7-8-16-13/h7-8,10-12H,4-6,14H2,1-3H3. The molecule has 0 amide bonds. The third-order valence-electron chi connectivity index (χ3n) is 3.41. The summed E-state index contributed by atoms with van der Waals surface area (Å²) in [6.45, 7) is 7.68. The maximum Gasteiger partial charge on any atom is 0.0595 e. The summed E-state index contributed by atoms with van der Waals surface area (Å²) in [5, 5.41) is 2.18. The van der Waals surface area contributed by atoms with Crippen molar-refractivity contribution in [3.8, 4) is 0 Å². The van der Waals surface area contributed by atoms with Gasteiger partial charge in [0.15, 0.2) is 0 Å². The molecule has 0 bridgehead atoms. The van der Waals surface area contributed by atoms with E-state index in [1.807, 2.05) is 11.3 Å². The highest BCUT2D eigenvalue weighted by Gasteiger charge is 2.36. The maximum atomic E-state index is 6.20. The van der Waals surface area contributed by atoms with Crippen LogP contribution in [0.4, 0.5) is 0 Å². The predicted molar refractivity (Wildman–Crippen MR) is 70.8 cm³/mol. The lowest BCUT2D eigenvalue weighted by Gasteiger charge is -2.33. The van der Waals surface area contributed by atoms with Crippen LogP contribution in [0.2, 0.25) is 0 Å². The minimum absolute atomic E-state index is 0.206. The third-order valence-corrected chi connectivity index (χ3v) is 4.50. The minimum Gasteiger partial charge on any atom is -0.326 e. The molecule has 1 heterocycles. The number of hydrogen-bond acceptors (Lipinski definition) is 3. The summed E-state index contributed by atoms with van der Waals surface area (Å²) < 4.78 is 0. The number of nitrogens with two attached hydrogens (primary N) is 1. The first-order valence-corrected chi connectivity index (χ1v) is 7.08. The quantitative estimate of drug-likeness (QED) is 0.854. The van der Waals surface area contributed by atoms with E-state index in [-0.39, 0.29) is 6.04 Å². The fraction of sp³-hybridized carbons (Fsp3) is 0.692. The average Bonchev–Trinajstić information content (AvgIpc) is 2.99. The summed E-state index contributed by atoms with van der Waals surface area (Å²) in [5.41, 5.74) is 7.60. The topological polar surface area (TPSA) is 29.3 Å². The number of rotatable bonds is 5. The molecular weight excluding hydrogens is 216 g/mol. The zero-order valence-corrected chi connectivity index (χ0v) is 11.3. The van der Waals surface area contributed by atoms with E-state index in [2.05, 4.69) is 37.1 Å². The molecule has 2 N–H and O–H groups in total. The molecule has 1 aromatic heterocycles. The molecule has 1 aliphatic carbocycles. The van der Waals surface area contributed by atoms with Crippen LogP contribution < -0.4 is 5.73 Å². The highest BCUT2D eigenvalue weighted by atomic mass is 32.1. The Bertz CT molecular complexity index is 341. The smallest absolute Gasteiger partial charge is 0.0595 e. The van der Waals surface area contributed by atoms with Crippen LogP contribution in [-0.4, -0.2) is 23.5 Å². The number of thiophene rings is 1. The first kappa shape index (κ1) is 12.1. The molecule has 2 atom stereocenters. The first-order valence-electron chi connectivity index (χ1n) is 6.20. The van der Waals surface area contributed by atoms with Crippen LogP contribution in [-0.2, 0) is 0 Å². The van der Waals surface area contributed by atoms with Crippen LogP contribution in [0.1, 0.15) is 43.2 Å². The van der Waals surface area contributed by atoms with Crippen LogP contribution in [0.5, 0.6) is 0 Å². The average molecular weight is 238 g/mol. The van der Waals surface area contributed by atoms with Gasteiger partial charge in [0.1, 0.15) is 0 Å².